The number of carbonyl (C=O) groups excluding carboxylic acids is 1. The lowest BCUT2D eigenvalue weighted by atomic mass is 10.1. The minimum atomic E-state index is 0.149. The third kappa shape index (κ3) is 3.58. The Hall–Kier alpha value is -1.32. The van der Waals surface area contributed by atoms with E-state index in [1.54, 1.807) is 7.11 Å². The first-order valence-electron chi connectivity index (χ1n) is 6.02. The average Bonchev–Trinajstić information content (AvgIpc) is 2.77. The summed E-state index contributed by atoms with van der Waals surface area (Å²) in [5, 5.41) is 0. The van der Waals surface area contributed by atoms with Crippen molar-refractivity contribution in [3.05, 3.63) is 50.7 Å². The third-order valence-electron chi connectivity index (χ3n) is 2.93. The van der Waals surface area contributed by atoms with Crippen LogP contribution in [0.3, 0.4) is 0 Å². The molecule has 0 N–H and O–H groups in total. The quantitative estimate of drug-likeness (QED) is 0.757. The molecule has 0 aliphatic rings. The highest BCUT2D eigenvalue weighted by Crippen LogP contribution is 2.28. The fourth-order valence-electron chi connectivity index (χ4n) is 1.77. The van der Waals surface area contributed by atoms with Crippen LogP contribution in [0.25, 0.3) is 0 Å². The first kappa shape index (κ1) is 14.1. The number of carbonyl (C=O) groups is 1. The van der Waals surface area contributed by atoms with Gasteiger partial charge in [0, 0.05) is 6.42 Å². The smallest absolute Gasteiger partial charge is 0.173 e. The Labute approximate surface area is 122 Å². The molecular formula is C15H15ClO2S. The van der Waals surface area contributed by atoms with Crippen LogP contribution in [0.4, 0.5) is 0 Å². The van der Waals surface area contributed by atoms with Crippen LogP contribution in [0, 0.1) is 6.92 Å². The van der Waals surface area contributed by atoms with Gasteiger partial charge in [0.05, 0.1) is 16.3 Å². The second-order valence-electron chi connectivity index (χ2n) is 4.34. The minimum absolute atomic E-state index is 0.149. The number of benzene rings is 1. The number of ether oxygens (including phenoxy) is 1. The Morgan fingerprint density at radius 3 is 2.53 bits per heavy atom. The van der Waals surface area contributed by atoms with Crippen molar-refractivity contribution >= 4 is 28.7 Å². The molecule has 0 saturated carbocycles. The molecule has 19 heavy (non-hydrogen) atoms. The van der Waals surface area contributed by atoms with Crippen LogP contribution in [-0.4, -0.2) is 12.9 Å². The summed E-state index contributed by atoms with van der Waals surface area (Å²) in [5.41, 5.74) is 2.10. The van der Waals surface area contributed by atoms with Gasteiger partial charge in [0.25, 0.3) is 0 Å². The standard InChI is InChI=1S/C15H15ClO2S/c1-10-9-14(19-15(10)16)13(17)8-5-11-3-6-12(18-2)7-4-11/h3-4,6-7,9H,5,8H2,1-2H3. The first-order valence-corrected chi connectivity index (χ1v) is 7.21. The van der Waals surface area contributed by atoms with Crippen molar-refractivity contribution in [3.63, 3.8) is 0 Å². The van der Waals surface area contributed by atoms with Crippen LogP contribution >= 0.6 is 22.9 Å². The van der Waals surface area contributed by atoms with Crippen molar-refractivity contribution < 1.29 is 9.53 Å². The first-order chi connectivity index (χ1) is 9.10. The van der Waals surface area contributed by atoms with Gasteiger partial charge in [0.1, 0.15) is 5.75 Å². The number of methoxy groups -OCH3 is 1. The van der Waals surface area contributed by atoms with E-state index >= 15 is 0 Å². The zero-order valence-corrected chi connectivity index (χ0v) is 12.5. The molecule has 0 fully saturated rings. The highest BCUT2D eigenvalue weighted by atomic mass is 35.5. The van der Waals surface area contributed by atoms with Gasteiger partial charge in [0.15, 0.2) is 5.78 Å². The van der Waals surface area contributed by atoms with Gasteiger partial charge in [-0.15, -0.1) is 11.3 Å². The van der Waals surface area contributed by atoms with Crippen LogP contribution in [-0.2, 0) is 6.42 Å². The molecular weight excluding hydrogens is 280 g/mol. The molecule has 0 aliphatic heterocycles. The topological polar surface area (TPSA) is 26.3 Å². The Kier molecular flexibility index (Phi) is 4.61. The molecule has 1 heterocycles. The van der Waals surface area contributed by atoms with Crippen molar-refractivity contribution in [2.45, 2.75) is 19.8 Å². The normalized spacial score (nSPS) is 10.5. The number of ketones is 1. The second kappa shape index (κ2) is 6.22. The Bertz CT molecular complexity index is 553. The second-order valence-corrected chi connectivity index (χ2v) is 5.99. The van der Waals surface area contributed by atoms with Gasteiger partial charge >= 0.3 is 0 Å². The van der Waals surface area contributed by atoms with Crippen molar-refractivity contribution in [1.82, 2.24) is 0 Å². The molecule has 4 heteroatoms. The van der Waals surface area contributed by atoms with Crippen LogP contribution < -0.4 is 4.74 Å². The van der Waals surface area contributed by atoms with Gasteiger partial charge in [0.2, 0.25) is 0 Å². The molecule has 0 spiro atoms. The summed E-state index contributed by atoms with van der Waals surface area (Å²) in [7, 11) is 1.64. The molecule has 0 amide bonds. The molecule has 2 rings (SSSR count). The number of rotatable bonds is 5. The molecule has 2 nitrogen and oxygen atoms in total. The number of hydrogen-bond donors (Lipinski definition) is 0. The Morgan fingerprint density at radius 2 is 2.00 bits per heavy atom. The summed E-state index contributed by atoms with van der Waals surface area (Å²) >= 11 is 7.34. The van der Waals surface area contributed by atoms with E-state index in [1.165, 1.54) is 11.3 Å². The van der Waals surface area contributed by atoms with Crippen LogP contribution in [0.15, 0.2) is 30.3 Å². The summed E-state index contributed by atoms with van der Waals surface area (Å²) in [6.07, 6.45) is 1.24. The largest absolute Gasteiger partial charge is 0.497 e. The highest BCUT2D eigenvalue weighted by molar-refractivity contribution is 7.18. The summed E-state index contributed by atoms with van der Waals surface area (Å²) in [6.45, 7) is 1.92. The maximum atomic E-state index is 12.0. The van der Waals surface area contributed by atoms with Crippen LogP contribution in [0.2, 0.25) is 4.34 Å². The van der Waals surface area contributed by atoms with E-state index in [9.17, 15) is 4.79 Å². The molecule has 100 valence electrons. The number of thiophene rings is 1. The molecule has 0 aliphatic carbocycles. The molecule has 0 atom stereocenters. The Balaban J connectivity index is 1.96. The zero-order valence-electron chi connectivity index (χ0n) is 10.9. The fourth-order valence-corrected chi connectivity index (χ4v) is 2.94. The van der Waals surface area contributed by atoms with E-state index in [0.717, 1.165) is 28.2 Å². The maximum Gasteiger partial charge on any atom is 0.173 e. The monoisotopic (exact) mass is 294 g/mol. The molecule has 1 aromatic heterocycles. The van der Waals surface area contributed by atoms with Gasteiger partial charge in [-0.05, 0) is 42.7 Å². The van der Waals surface area contributed by atoms with E-state index in [0.29, 0.717) is 10.8 Å². The lowest BCUT2D eigenvalue weighted by molar-refractivity contribution is 0.0986. The number of aryl methyl sites for hydroxylation is 2. The van der Waals surface area contributed by atoms with Crippen molar-refractivity contribution in [1.29, 1.82) is 0 Å². The molecule has 1 aromatic carbocycles. The summed E-state index contributed by atoms with van der Waals surface area (Å²) in [5.74, 6) is 0.978. The van der Waals surface area contributed by atoms with Gasteiger partial charge in [-0.2, -0.15) is 0 Å². The van der Waals surface area contributed by atoms with Gasteiger partial charge < -0.3 is 4.74 Å². The number of halogens is 1. The van der Waals surface area contributed by atoms with E-state index in [-0.39, 0.29) is 5.78 Å². The van der Waals surface area contributed by atoms with Crippen molar-refractivity contribution in [2.75, 3.05) is 7.11 Å². The summed E-state index contributed by atoms with van der Waals surface area (Å²) in [6, 6.07) is 9.65. The molecule has 0 saturated heterocycles. The summed E-state index contributed by atoms with van der Waals surface area (Å²) < 4.78 is 5.80. The van der Waals surface area contributed by atoms with Gasteiger partial charge in [-0.1, -0.05) is 23.7 Å². The third-order valence-corrected chi connectivity index (χ3v) is 4.53. The SMILES string of the molecule is COc1ccc(CCC(=O)c2cc(C)c(Cl)s2)cc1. The van der Waals surface area contributed by atoms with Crippen molar-refractivity contribution in [2.24, 2.45) is 0 Å². The molecule has 0 unspecified atom stereocenters. The number of Topliss-reactive ketones (excluding diaryl/α,β-unsaturated/α-hetero) is 1. The van der Waals surface area contributed by atoms with Crippen LogP contribution in [0.1, 0.15) is 27.2 Å². The fraction of sp³-hybridized carbons (Fsp3) is 0.267. The van der Waals surface area contributed by atoms with E-state index in [4.69, 9.17) is 16.3 Å². The Morgan fingerprint density at radius 1 is 1.32 bits per heavy atom. The maximum absolute atomic E-state index is 12.0. The zero-order chi connectivity index (χ0) is 13.8. The predicted molar refractivity (Wildman–Crippen MR) is 79.7 cm³/mol. The average molecular weight is 295 g/mol. The summed E-state index contributed by atoms with van der Waals surface area (Å²) in [4.78, 5) is 12.8. The molecule has 0 radical (unpaired) electrons. The lowest BCUT2D eigenvalue weighted by Crippen LogP contribution is -1.98. The van der Waals surface area contributed by atoms with E-state index in [2.05, 4.69) is 0 Å². The lowest BCUT2D eigenvalue weighted by Gasteiger charge is -2.02. The van der Waals surface area contributed by atoms with Crippen molar-refractivity contribution in [3.8, 4) is 5.75 Å². The highest BCUT2D eigenvalue weighted by Gasteiger charge is 2.11. The molecule has 0 bridgehead atoms. The van der Waals surface area contributed by atoms with Crippen LogP contribution in [0.5, 0.6) is 5.75 Å². The predicted octanol–water partition coefficient (Wildman–Crippen LogP) is 4.53. The van der Waals surface area contributed by atoms with Gasteiger partial charge in [-0.25, -0.2) is 0 Å². The number of hydrogen-bond acceptors (Lipinski definition) is 3. The molecule has 2 aromatic rings. The minimum Gasteiger partial charge on any atom is -0.497 e. The van der Waals surface area contributed by atoms with Gasteiger partial charge in [-0.3, -0.25) is 4.79 Å². The van der Waals surface area contributed by atoms with E-state index in [1.807, 2.05) is 37.3 Å². The van der Waals surface area contributed by atoms with E-state index < -0.39 is 0 Å².